The Morgan fingerprint density at radius 3 is 2.28 bits per heavy atom. The Balaban J connectivity index is 1.06. The number of carboxylic acid groups (broad SMARTS) is 1. The highest BCUT2D eigenvalue weighted by molar-refractivity contribution is 5.89. The minimum absolute atomic E-state index is 0.117. The second kappa shape index (κ2) is 16.4. The molecule has 2 aliphatic heterocycles. The van der Waals surface area contributed by atoms with E-state index in [4.69, 9.17) is 14.1 Å². The molecule has 0 saturated carbocycles. The number of alkyl carbamates (subject to hydrolysis) is 1. The summed E-state index contributed by atoms with van der Waals surface area (Å²) in [5.74, 6) is 1.46. The van der Waals surface area contributed by atoms with Gasteiger partial charge in [-0.2, -0.15) is 0 Å². The molecule has 306 valence electrons. The van der Waals surface area contributed by atoms with Crippen LogP contribution in [0.5, 0.6) is 0 Å². The van der Waals surface area contributed by atoms with Gasteiger partial charge in [-0.3, -0.25) is 14.5 Å². The number of carbonyl (C=O) groups is 4. The van der Waals surface area contributed by atoms with Gasteiger partial charge in [0.1, 0.15) is 35.1 Å². The maximum atomic E-state index is 13.7. The van der Waals surface area contributed by atoms with Gasteiger partial charge in [-0.1, -0.05) is 39.8 Å². The van der Waals surface area contributed by atoms with Crippen LogP contribution in [0.1, 0.15) is 82.7 Å². The average Bonchev–Trinajstić information content (AvgIpc) is 4.05. The average molecular weight is 793 g/mol. The minimum atomic E-state index is -1.13. The fraction of sp³-hybridized carbons (Fsp3) is 0.442. The molecule has 58 heavy (non-hydrogen) atoms. The number of imidazole rings is 2. The summed E-state index contributed by atoms with van der Waals surface area (Å²) in [6.45, 7) is 10.7. The summed E-state index contributed by atoms with van der Waals surface area (Å²) in [5.41, 5.74) is 6.12. The van der Waals surface area contributed by atoms with Crippen LogP contribution >= 0.6 is 0 Å². The molecule has 5 aromatic rings. The van der Waals surface area contributed by atoms with Gasteiger partial charge in [0.25, 0.3) is 0 Å². The topological polar surface area (TPSA) is 190 Å². The van der Waals surface area contributed by atoms with E-state index in [-0.39, 0.29) is 35.7 Å². The largest absolute Gasteiger partial charge is 0.465 e. The summed E-state index contributed by atoms with van der Waals surface area (Å²) in [4.78, 5) is 72.0. The number of rotatable bonds is 11. The van der Waals surface area contributed by atoms with Crippen molar-refractivity contribution in [1.29, 1.82) is 0 Å². The molecule has 15 heteroatoms. The van der Waals surface area contributed by atoms with Crippen LogP contribution in [-0.4, -0.2) is 103 Å². The number of aromatic nitrogens is 4. The summed E-state index contributed by atoms with van der Waals surface area (Å²) in [6.07, 6.45) is 5.02. The standard InChI is InChI=1S/C43H52N8O7/c1-23(2)36(48-42(54)57-7)40(52)50-16-8-10-32(50)38-44-21-30(46-38)26-12-14-29(25(5)18-26)35-20-28-19-27(13-15-34(28)58-35)31-22-45-39(47-31)33-11-9-17-51(33)41(53)37(24(3)4)49(6)43(55)56/h12-15,18-24,32-33,36-37H,8-11,16-17H2,1-7H3,(H,44,46)(H,45,47)(H,48,54)(H,55,56)/t32-,33-,36-,37-/m0/s1. The van der Waals surface area contributed by atoms with Crippen LogP contribution in [-0.2, 0) is 14.3 Å². The molecule has 2 saturated heterocycles. The quantitative estimate of drug-likeness (QED) is 0.105. The smallest absolute Gasteiger partial charge is 0.407 e. The molecule has 15 nitrogen and oxygen atoms in total. The molecule has 7 rings (SSSR count). The zero-order chi connectivity index (χ0) is 41.4. The Morgan fingerprint density at radius 2 is 1.62 bits per heavy atom. The van der Waals surface area contributed by atoms with Crippen molar-refractivity contribution >= 4 is 35.0 Å². The summed E-state index contributed by atoms with van der Waals surface area (Å²) in [6, 6.07) is 12.1. The third-order valence-corrected chi connectivity index (χ3v) is 11.5. The number of H-pyrrole nitrogens is 2. The molecular formula is C43H52N8O7. The Bertz CT molecular complexity index is 2330. The molecule has 2 aromatic carbocycles. The molecule has 3 aromatic heterocycles. The van der Waals surface area contributed by atoms with Crippen LogP contribution < -0.4 is 5.32 Å². The number of likely N-dealkylation sites (N-methyl/N-ethyl adjacent to an activating group) is 1. The first-order valence-corrected chi connectivity index (χ1v) is 19.9. The van der Waals surface area contributed by atoms with Gasteiger partial charge in [0.15, 0.2) is 0 Å². The van der Waals surface area contributed by atoms with Gasteiger partial charge in [-0.15, -0.1) is 0 Å². The van der Waals surface area contributed by atoms with E-state index < -0.39 is 24.3 Å². The number of furan rings is 1. The highest BCUT2D eigenvalue weighted by Crippen LogP contribution is 2.37. The Labute approximate surface area is 337 Å². The minimum Gasteiger partial charge on any atom is -0.465 e. The number of ether oxygens (including phenoxy) is 1. The van der Waals surface area contributed by atoms with Crippen LogP contribution in [0.2, 0.25) is 0 Å². The van der Waals surface area contributed by atoms with Crippen LogP contribution in [0.3, 0.4) is 0 Å². The Kier molecular flexibility index (Phi) is 11.3. The van der Waals surface area contributed by atoms with Crippen LogP contribution in [0.15, 0.2) is 59.3 Å². The number of nitrogens with one attached hydrogen (secondary N) is 3. The molecule has 5 heterocycles. The molecule has 2 fully saturated rings. The van der Waals surface area contributed by atoms with Crippen LogP contribution in [0, 0.1) is 18.8 Å². The lowest BCUT2D eigenvalue weighted by Gasteiger charge is -2.33. The zero-order valence-electron chi connectivity index (χ0n) is 34.0. The maximum absolute atomic E-state index is 13.7. The molecule has 0 aliphatic carbocycles. The van der Waals surface area contributed by atoms with E-state index in [2.05, 4.69) is 32.4 Å². The monoisotopic (exact) mass is 792 g/mol. The highest BCUT2D eigenvalue weighted by Gasteiger charge is 2.40. The predicted octanol–water partition coefficient (Wildman–Crippen LogP) is 7.53. The molecule has 0 unspecified atom stereocenters. The van der Waals surface area contributed by atoms with Crippen molar-refractivity contribution < 1.29 is 33.4 Å². The molecule has 4 N–H and O–H groups in total. The van der Waals surface area contributed by atoms with Crippen molar-refractivity contribution in [2.45, 2.75) is 84.5 Å². The highest BCUT2D eigenvalue weighted by atomic mass is 16.5. The van der Waals surface area contributed by atoms with Crippen LogP contribution in [0.25, 0.3) is 44.8 Å². The number of amides is 4. The van der Waals surface area contributed by atoms with E-state index in [1.165, 1.54) is 14.2 Å². The molecule has 0 bridgehead atoms. The lowest BCUT2D eigenvalue weighted by Crippen LogP contribution is -2.51. The van der Waals surface area contributed by atoms with Crippen molar-refractivity contribution in [2.24, 2.45) is 11.8 Å². The van der Waals surface area contributed by atoms with Crippen molar-refractivity contribution in [3.05, 3.63) is 72.1 Å². The fourth-order valence-electron chi connectivity index (χ4n) is 8.45. The van der Waals surface area contributed by atoms with E-state index in [1.807, 2.05) is 71.1 Å². The lowest BCUT2D eigenvalue weighted by atomic mass is 10.0. The second-order valence-electron chi connectivity index (χ2n) is 16.1. The van der Waals surface area contributed by atoms with Gasteiger partial charge in [-0.05, 0) is 80.3 Å². The first-order valence-electron chi connectivity index (χ1n) is 19.9. The van der Waals surface area contributed by atoms with Crippen molar-refractivity contribution in [2.75, 3.05) is 27.2 Å². The summed E-state index contributed by atoms with van der Waals surface area (Å²) in [5, 5.41) is 13.2. The number of hydrogen-bond donors (Lipinski definition) is 4. The number of likely N-dealkylation sites (tertiary alicyclic amines) is 2. The first kappa shape index (κ1) is 40.1. The molecule has 2 aliphatic rings. The van der Waals surface area contributed by atoms with E-state index in [1.54, 1.807) is 16.0 Å². The number of methoxy groups -OCH3 is 1. The Hall–Kier alpha value is -6.12. The fourth-order valence-corrected chi connectivity index (χ4v) is 8.45. The molecule has 4 atom stereocenters. The van der Waals surface area contributed by atoms with E-state index >= 15 is 0 Å². The first-order chi connectivity index (χ1) is 27.7. The SMILES string of the molecule is COC(=O)N[C@H](C(=O)N1CCC[C@H]1c1nc(-c2ccc(-c3cc4cc(-c5cnc([C@@H]6CCCN6C(=O)[C@H](C(C)C)N(C)C(=O)O)[nH]5)ccc4o3)c(C)c2)c[nH]1)C(C)C. The maximum Gasteiger partial charge on any atom is 0.407 e. The third kappa shape index (κ3) is 7.77. The van der Waals surface area contributed by atoms with Gasteiger partial charge in [0, 0.05) is 48.4 Å². The van der Waals surface area contributed by atoms with Gasteiger partial charge in [0.05, 0.1) is 36.8 Å². The summed E-state index contributed by atoms with van der Waals surface area (Å²) in [7, 11) is 2.73. The molecular weight excluding hydrogens is 741 g/mol. The molecule has 0 spiro atoms. The van der Waals surface area contributed by atoms with Crippen molar-refractivity contribution in [3.63, 3.8) is 0 Å². The van der Waals surface area contributed by atoms with Gasteiger partial charge in [-0.25, -0.2) is 19.6 Å². The number of fused-ring (bicyclic) bond motifs is 1. The predicted molar refractivity (Wildman–Crippen MR) is 218 cm³/mol. The lowest BCUT2D eigenvalue weighted by molar-refractivity contribution is -0.138. The van der Waals surface area contributed by atoms with E-state index in [0.29, 0.717) is 24.7 Å². The summed E-state index contributed by atoms with van der Waals surface area (Å²) < 4.78 is 11.1. The Morgan fingerprint density at radius 1 is 0.931 bits per heavy atom. The molecule has 0 radical (unpaired) electrons. The van der Waals surface area contributed by atoms with E-state index in [0.717, 1.165) is 81.0 Å². The number of carbonyl (C=O) groups excluding carboxylic acids is 3. The molecule has 4 amide bonds. The number of nitrogens with zero attached hydrogens (tertiary/aromatic N) is 5. The normalized spacial score (nSPS) is 17.9. The van der Waals surface area contributed by atoms with Crippen molar-refractivity contribution in [3.8, 4) is 33.8 Å². The summed E-state index contributed by atoms with van der Waals surface area (Å²) >= 11 is 0. The number of hydrogen-bond acceptors (Lipinski definition) is 8. The van der Waals surface area contributed by atoms with Gasteiger partial charge in [0.2, 0.25) is 11.8 Å². The van der Waals surface area contributed by atoms with E-state index in [9.17, 15) is 24.3 Å². The third-order valence-electron chi connectivity index (χ3n) is 11.5. The van der Waals surface area contributed by atoms with Gasteiger partial charge < -0.3 is 39.3 Å². The van der Waals surface area contributed by atoms with Crippen LogP contribution in [0.4, 0.5) is 9.59 Å². The van der Waals surface area contributed by atoms with Crippen molar-refractivity contribution in [1.82, 2.24) is 40.0 Å². The second-order valence-corrected chi connectivity index (χ2v) is 16.1. The number of aryl methyl sites for hydroxylation is 1. The number of benzene rings is 2. The number of aromatic amines is 2. The zero-order valence-corrected chi connectivity index (χ0v) is 34.0. The van der Waals surface area contributed by atoms with Gasteiger partial charge >= 0.3 is 12.2 Å².